The number of hydrogen-bond donors (Lipinski definition) is 1. The maximum absolute atomic E-state index is 12.7. The molecule has 8 nitrogen and oxygen atoms in total. The molecule has 0 spiro atoms. The highest BCUT2D eigenvalue weighted by molar-refractivity contribution is 6.05. The topological polar surface area (TPSA) is 99.9 Å². The van der Waals surface area contributed by atoms with Crippen LogP contribution in [0.1, 0.15) is 40.8 Å². The van der Waals surface area contributed by atoms with Gasteiger partial charge in [-0.3, -0.25) is 4.79 Å². The lowest BCUT2D eigenvalue weighted by molar-refractivity contribution is 0.0483. The predicted octanol–water partition coefficient (Wildman–Crippen LogP) is 4.05. The van der Waals surface area contributed by atoms with E-state index in [2.05, 4.69) is 10.3 Å². The SMILES string of the molecule is CCOC(=O)c1nc2cc(NC(=O)c3ccc(OC)c(OCC4CC4)c3)ccc2o1. The van der Waals surface area contributed by atoms with Crippen LogP contribution in [0, 0.1) is 5.92 Å². The Balaban J connectivity index is 1.50. The van der Waals surface area contributed by atoms with E-state index in [0.29, 0.717) is 46.4 Å². The summed E-state index contributed by atoms with van der Waals surface area (Å²) < 4.78 is 21.4. The van der Waals surface area contributed by atoms with Crippen LogP contribution in [0.5, 0.6) is 11.5 Å². The van der Waals surface area contributed by atoms with Crippen LogP contribution in [0.15, 0.2) is 40.8 Å². The van der Waals surface area contributed by atoms with E-state index in [1.165, 1.54) is 12.8 Å². The molecule has 1 aliphatic rings. The van der Waals surface area contributed by atoms with Gasteiger partial charge in [0.15, 0.2) is 17.1 Å². The smallest absolute Gasteiger partial charge is 0.394 e. The van der Waals surface area contributed by atoms with Crippen LogP contribution in [0.25, 0.3) is 11.1 Å². The standard InChI is InChI=1S/C22H22N2O6/c1-3-28-22(26)21-24-16-11-15(7-9-17(16)30-21)23-20(25)14-6-8-18(27-2)19(10-14)29-12-13-4-5-13/h6-11,13H,3-5,12H2,1-2H3,(H,23,25). The zero-order valence-corrected chi connectivity index (χ0v) is 16.8. The molecule has 0 unspecified atom stereocenters. The highest BCUT2D eigenvalue weighted by Gasteiger charge is 2.23. The van der Waals surface area contributed by atoms with Gasteiger partial charge in [-0.1, -0.05) is 0 Å². The van der Waals surface area contributed by atoms with Crippen molar-refractivity contribution in [2.75, 3.05) is 25.6 Å². The molecular weight excluding hydrogens is 388 g/mol. The average Bonchev–Trinajstić information content (AvgIpc) is 3.48. The van der Waals surface area contributed by atoms with Gasteiger partial charge in [0.2, 0.25) is 0 Å². The molecule has 2 aromatic carbocycles. The third-order valence-electron chi connectivity index (χ3n) is 4.69. The third kappa shape index (κ3) is 4.37. The molecule has 8 heteroatoms. The lowest BCUT2D eigenvalue weighted by Crippen LogP contribution is -2.12. The Morgan fingerprint density at radius 2 is 2.00 bits per heavy atom. The number of aromatic nitrogens is 1. The van der Waals surface area contributed by atoms with E-state index < -0.39 is 5.97 Å². The molecular formula is C22H22N2O6. The highest BCUT2D eigenvalue weighted by Crippen LogP contribution is 2.33. The number of rotatable bonds is 8. The van der Waals surface area contributed by atoms with Gasteiger partial charge in [0, 0.05) is 11.3 Å². The van der Waals surface area contributed by atoms with Gasteiger partial charge in [-0.15, -0.1) is 0 Å². The van der Waals surface area contributed by atoms with E-state index in [9.17, 15) is 9.59 Å². The van der Waals surface area contributed by atoms with Gasteiger partial charge >= 0.3 is 11.9 Å². The van der Waals surface area contributed by atoms with Gasteiger partial charge in [0.25, 0.3) is 5.91 Å². The van der Waals surface area contributed by atoms with Crippen LogP contribution in [0.4, 0.5) is 5.69 Å². The van der Waals surface area contributed by atoms with Gasteiger partial charge in [0.05, 0.1) is 20.3 Å². The normalized spacial score (nSPS) is 13.1. The van der Waals surface area contributed by atoms with E-state index in [4.69, 9.17) is 18.6 Å². The van der Waals surface area contributed by atoms with E-state index in [-0.39, 0.29) is 18.4 Å². The largest absolute Gasteiger partial charge is 0.493 e. The number of methoxy groups -OCH3 is 1. The maximum Gasteiger partial charge on any atom is 0.394 e. The van der Waals surface area contributed by atoms with Crippen molar-refractivity contribution in [3.63, 3.8) is 0 Å². The number of oxazole rings is 1. The van der Waals surface area contributed by atoms with Gasteiger partial charge in [-0.05, 0) is 62.1 Å². The number of hydrogen-bond acceptors (Lipinski definition) is 7. The molecule has 0 radical (unpaired) electrons. The molecule has 0 atom stereocenters. The minimum Gasteiger partial charge on any atom is -0.493 e. The lowest BCUT2D eigenvalue weighted by atomic mass is 10.1. The molecule has 0 bridgehead atoms. The van der Waals surface area contributed by atoms with Crippen molar-refractivity contribution < 1.29 is 28.2 Å². The molecule has 30 heavy (non-hydrogen) atoms. The molecule has 156 valence electrons. The number of ether oxygens (including phenoxy) is 3. The molecule has 1 aromatic heterocycles. The van der Waals surface area contributed by atoms with Crippen LogP contribution in [-0.2, 0) is 4.74 Å². The van der Waals surface area contributed by atoms with Gasteiger partial charge in [0.1, 0.15) is 5.52 Å². The van der Waals surface area contributed by atoms with Crippen molar-refractivity contribution in [1.29, 1.82) is 0 Å². The first kappa shape index (κ1) is 19.8. The summed E-state index contributed by atoms with van der Waals surface area (Å²) in [4.78, 5) is 28.6. The van der Waals surface area contributed by atoms with E-state index >= 15 is 0 Å². The van der Waals surface area contributed by atoms with Gasteiger partial charge < -0.3 is 23.9 Å². The first-order valence-corrected chi connectivity index (χ1v) is 9.77. The lowest BCUT2D eigenvalue weighted by Gasteiger charge is -2.12. The Morgan fingerprint density at radius 3 is 2.73 bits per heavy atom. The van der Waals surface area contributed by atoms with Crippen molar-refractivity contribution in [1.82, 2.24) is 4.98 Å². The van der Waals surface area contributed by atoms with Crippen molar-refractivity contribution >= 4 is 28.7 Å². The van der Waals surface area contributed by atoms with E-state index in [1.54, 1.807) is 50.4 Å². The van der Waals surface area contributed by atoms with Gasteiger partial charge in [-0.25, -0.2) is 9.78 Å². The number of carbonyl (C=O) groups is 2. The number of carbonyl (C=O) groups excluding carboxylic acids is 2. The van der Waals surface area contributed by atoms with Gasteiger partial charge in [-0.2, -0.15) is 0 Å². The third-order valence-corrected chi connectivity index (χ3v) is 4.69. The molecule has 1 fully saturated rings. The first-order valence-electron chi connectivity index (χ1n) is 9.77. The second-order valence-corrected chi connectivity index (χ2v) is 7.00. The summed E-state index contributed by atoms with van der Waals surface area (Å²) in [5.41, 5.74) is 1.83. The second kappa shape index (κ2) is 8.44. The second-order valence-electron chi connectivity index (χ2n) is 7.00. The summed E-state index contributed by atoms with van der Waals surface area (Å²) >= 11 is 0. The van der Waals surface area contributed by atoms with Crippen LogP contribution in [0.3, 0.4) is 0 Å². The Morgan fingerprint density at radius 1 is 1.17 bits per heavy atom. The Labute approximate surface area is 173 Å². The number of nitrogens with zero attached hydrogens (tertiary/aromatic N) is 1. The summed E-state index contributed by atoms with van der Waals surface area (Å²) in [6, 6.07) is 10.0. The number of fused-ring (bicyclic) bond motifs is 1. The first-order chi connectivity index (χ1) is 14.6. The molecule has 4 rings (SSSR count). The fraction of sp³-hybridized carbons (Fsp3) is 0.318. The minimum absolute atomic E-state index is 0.122. The number of esters is 1. The Hall–Kier alpha value is -3.55. The van der Waals surface area contributed by atoms with Crippen LogP contribution < -0.4 is 14.8 Å². The van der Waals surface area contributed by atoms with Crippen molar-refractivity contribution in [3.05, 3.63) is 47.9 Å². The van der Waals surface area contributed by atoms with Crippen molar-refractivity contribution in [2.45, 2.75) is 19.8 Å². The van der Waals surface area contributed by atoms with E-state index in [0.717, 1.165) is 0 Å². The summed E-state index contributed by atoms with van der Waals surface area (Å²) in [6.07, 6.45) is 2.34. The highest BCUT2D eigenvalue weighted by atomic mass is 16.5. The minimum atomic E-state index is -0.628. The molecule has 1 amide bonds. The quantitative estimate of drug-likeness (QED) is 0.559. The summed E-state index contributed by atoms with van der Waals surface area (Å²) in [7, 11) is 1.57. The summed E-state index contributed by atoms with van der Waals surface area (Å²) in [6.45, 7) is 2.55. The van der Waals surface area contributed by atoms with Crippen LogP contribution in [-0.4, -0.2) is 37.2 Å². The molecule has 0 aliphatic heterocycles. The Bertz CT molecular complexity index is 1090. The fourth-order valence-electron chi connectivity index (χ4n) is 2.91. The van der Waals surface area contributed by atoms with E-state index in [1.807, 2.05) is 0 Å². The van der Waals surface area contributed by atoms with Crippen molar-refractivity contribution in [2.24, 2.45) is 5.92 Å². The monoisotopic (exact) mass is 410 g/mol. The number of anilines is 1. The van der Waals surface area contributed by atoms with Crippen LogP contribution >= 0.6 is 0 Å². The Kier molecular flexibility index (Phi) is 5.56. The zero-order valence-electron chi connectivity index (χ0n) is 16.8. The molecule has 1 aliphatic carbocycles. The average molecular weight is 410 g/mol. The number of nitrogens with one attached hydrogen (secondary N) is 1. The molecule has 1 saturated carbocycles. The predicted molar refractivity (Wildman–Crippen MR) is 109 cm³/mol. The molecule has 0 saturated heterocycles. The zero-order chi connectivity index (χ0) is 21.1. The molecule has 1 heterocycles. The number of benzene rings is 2. The molecule has 3 aromatic rings. The fourth-order valence-corrected chi connectivity index (χ4v) is 2.91. The number of amides is 1. The summed E-state index contributed by atoms with van der Waals surface area (Å²) in [5, 5.41) is 2.82. The van der Waals surface area contributed by atoms with Crippen molar-refractivity contribution in [3.8, 4) is 11.5 Å². The van der Waals surface area contributed by atoms with Crippen LogP contribution in [0.2, 0.25) is 0 Å². The summed E-state index contributed by atoms with van der Waals surface area (Å²) in [5.74, 6) is 0.660. The maximum atomic E-state index is 12.7. The molecule has 1 N–H and O–H groups in total.